The number of amidine groups is 1. The average molecular weight is 503 g/mol. The lowest BCUT2D eigenvalue weighted by Crippen LogP contribution is -2.25. The number of ether oxygens (including phenoxy) is 1. The fourth-order valence-corrected chi connectivity index (χ4v) is 5.18. The first-order chi connectivity index (χ1) is 17.5. The van der Waals surface area contributed by atoms with Gasteiger partial charge < -0.3 is 10.1 Å². The van der Waals surface area contributed by atoms with Crippen molar-refractivity contribution in [3.63, 3.8) is 0 Å². The molecule has 0 aliphatic carbocycles. The number of para-hydroxylation sites is 1. The predicted octanol–water partition coefficient (Wildman–Crippen LogP) is 5.01. The lowest BCUT2D eigenvalue weighted by molar-refractivity contribution is -0.121. The Morgan fingerprint density at radius 2 is 1.81 bits per heavy atom. The van der Waals surface area contributed by atoms with Crippen LogP contribution in [0.25, 0.3) is 0 Å². The van der Waals surface area contributed by atoms with E-state index in [4.69, 9.17) is 9.84 Å². The summed E-state index contributed by atoms with van der Waals surface area (Å²) in [6, 6.07) is 23.3. The molecule has 5 rings (SSSR count). The zero-order valence-electron chi connectivity index (χ0n) is 19.4. The van der Waals surface area contributed by atoms with E-state index < -0.39 is 22.9 Å². The number of carbonyl (C=O) groups is 2. The van der Waals surface area contributed by atoms with Crippen molar-refractivity contribution in [2.75, 3.05) is 12.4 Å². The van der Waals surface area contributed by atoms with Gasteiger partial charge in [-0.05, 0) is 35.4 Å². The Morgan fingerprint density at radius 3 is 2.53 bits per heavy atom. The molecule has 2 amide bonds. The van der Waals surface area contributed by atoms with E-state index in [1.54, 1.807) is 24.3 Å². The van der Waals surface area contributed by atoms with E-state index in [1.807, 2.05) is 54.6 Å². The summed E-state index contributed by atoms with van der Waals surface area (Å²) in [5, 5.41) is 8.86. The molecule has 2 aliphatic rings. The van der Waals surface area contributed by atoms with Crippen molar-refractivity contribution in [2.45, 2.75) is 24.1 Å². The van der Waals surface area contributed by atoms with Crippen molar-refractivity contribution in [3.8, 4) is 5.75 Å². The zero-order chi connectivity index (χ0) is 25.1. The van der Waals surface area contributed by atoms with Gasteiger partial charge in [0.1, 0.15) is 16.8 Å². The first-order valence-corrected chi connectivity index (χ1v) is 12.3. The van der Waals surface area contributed by atoms with Crippen LogP contribution in [0.5, 0.6) is 5.75 Å². The molecule has 0 aromatic heterocycles. The number of amides is 2. The molecule has 0 saturated carbocycles. The largest absolute Gasteiger partial charge is 0.497 e. The fourth-order valence-electron chi connectivity index (χ4n) is 4.11. The maximum Gasteiger partial charge on any atom is 0.262 e. The number of hydrogen-bond acceptors (Lipinski definition) is 6. The van der Waals surface area contributed by atoms with Gasteiger partial charge in [-0.25, -0.2) is 9.40 Å². The molecule has 3 aromatic carbocycles. The second-order valence-electron chi connectivity index (χ2n) is 8.32. The number of benzene rings is 3. The maximum atomic E-state index is 13.9. The fraction of sp³-hybridized carbons (Fsp3) is 0.185. The van der Waals surface area contributed by atoms with E-state index in [0.29, 0.717) is 11.6 Å². The third kappa shape index (κ3) is 5.01. The highest BCUT2D eigenvalue weighted by molar-refractivity contribution is 8.15. The molecule has 182 valence electrons. The first kappa shape index (κ1) is 23.7. The Bertz CT molecular complexity index is 1340. The van der Waals surface area contributed by atoms with Crippen LogP contribution in [-0.4, -0.2) is 40.1 Å². The molecule has 0 bridgehead atoms. The van der Waals surface area contributed by atoms with Crippen LogP contribution in [-0.2, 0) is 9.59 Å². The van der Waals surface area contributed by atoms with Crippen LogP contribution in [0.4, 0.5) is 10.1 Å². The number of halogens is 1. The Balaban J connectivity index is 1.35. The Labute approximate surface area is 212 Å². The second-order valence-corrected chi connectivity index (χ2v) is 9.49. The van der Waals surface area contributed by atoms with Gasteiger partial charge in [0.05, 0.1) is 24.6 Å². The average Bonchev–Trinajstić information content (AvgIpc) is 3.50. The minimum absolute atomic E-state index is 0.0790. The standard InChI is InChI=1S/C27H23FN4O3S/c1-35-19-13-11-18(12-14-19)23-15-22(17-7-3-2-4-8-17)31-32(23)27-30-26(34)24(36-27)16-25(33)29-21-10-6-5-9-20(21)28/h2-14,23-24H,15-16H2,1H3,(H,29,33)/t23-,24+/m1/s1. The molecule has 36 heavy (non-hydrogen) atoms. The van der Waals surface area contributed by atoms with Gasteiger partial charge in [-0.15, -0.1) is 0 Å². The zero-order valence-corrected chi connectivity index (χ0v) is 20.2. The van der Waals surface area contributed by atoms with Crippen molar-refractivity contribution >= 4 is 40.1 Å². The molecule has 2 atom stereocenters. The van der Waals surface area contributed by atoms with Gasteiger partial charge in [-0.2, -0.15) is 10.1 Å². The number of nitrogens with one attached hydrogen (secondary N) is 1. The molecule has 3 aromatic rings. The van der Waals surface area contributed by atoms with E-state index in [9.17, 15) is 14.0 Å². The number of methoxy groups -OCH3 is 1. The number of hydrogen-bond donors (Lipinski definition) is 1. The molecule has 0 saturated heterocycles. The normalized spacial score (nSPS) is 19.2. The number of rotatable bonds is 6. The topological polar surface area (TPSA) is 83.4 Å². The Kier molecular flexibility index (Phi) is 6.81. The van der Waals surface area contributed by atoms with Gasteiger partial charge in [0.15, 0.2) is 5.17 Å². The quantitative estimate of drug-likeness (QED) is 0.512. The van der Waals surface area contributed by atoms with Gasteiger partial charge in [-0.3, -0.25) is 9.59 Å². The van der Waals surface area contributed by atoms with E-state index in [-0.39, 0.29) is 18.2 Å². The van der Waals surface area contributed by atoms with Crippen LogP contribution in [0.1, 0.15) is 30.0 Å². The third-order valence-electron chi connectivity index (χ3n) is 5.96. The number of anilines is 1. The SMILES string of the molecule is COc1ccc([C@H]2CC(c3ccccc3)=NN2C2=NC(=O)[C@H](CC(=O)Nc3ccccc3F)S2)cc1. The molecule has 9 heteroatoms. The summed E-state index contributed by atoms with van der Waals surface area (Å²) in [5.74, 6) is -0.647. The van der Waals surface area contributed by atoms with Crippen molar-refractivity contribution in [3.05, 3.63) is 95.8 Å². The molecule has 0 spiro atoms. The van der Waals surface area contributed by atoms with E-state index in [0.717, 1.165) is 22.6 Å². The van der Waals surface area contributed by atoms with E-state index >= 15 is 0 Å². The minimum Gasteiger partial charge on any atom is -0.497 e. The molecule has 1 N–H and O–H groups in total. The van der Waals surface area contributed by atoms with Crippen LogP contribution in [0.15, 0.2) is 89.0 Å². The molecule has 0 radical (unpaired) electrons. The highest BCUT2D eigenvalue weighted by atomic mass is 32.2. The third-order valence-corrected chi connectivity index (χ3v) is 7.10. The van der Waals surface area contributed by atoms with Crippen LogP contribution in [0.3, 0.4) is 0 Å². The Morgan fingerprint density at radius 1 is 1.08 bits per heavy atom. The Hall–Kier alpha value is -3.98. The second kappa shape index (κ2) is 10.3. The first-order valence-electron chi connectivity index (χ1n) is 11.4. The molecule has 2 heterocycles. The van der Waals surface area contributed by atoms with Crippen LogP contribution < -0.4 is 10.1 Å². The van der Waals surface area contributed by atoms with E-state index in [2.05, 4.69) is 10.3 Å². The minimum atomic E-state index is -0.709. The summed E-state index contributed by atoms with van der Waals surface area (Å²) >= 11 is 1.20. The number of carbonyl (C=O) groups excluding carboxylic acids is 2. The molecule has 2 aliphatic heterocycles. The van der Waals surface area contributed by atoms with Crippen LogP contribution in [0, 0.1) is 5.82 Å². The molecular weight excluding hydrogens is 479 g/mol. The number of nitrogens with zero attached hydrogens (tertiary/aromatic N) is 3. The number of aliphatic imine (C=N–C) groups is 1. The van der Waals surface area contributed by atoms with Crippen molar-refractivity contribution in [2.24, 2.45) is 10.1 Å². The van der Waals surface area contributed by atoms with Crippen molar-refractivity contribution in [1.29, 1.82) is 0 Å². The molecule has 0 unspecified atom stereocenters. The summed E-state index contributed by atoms with van der Waals surface area (Å²) in [6.07, 6.45) is 0.504. The van der Waals surface area contributed by atoms with Crippen LogP contribution >= 0.6 is 11.8 Å². The van der Waals surface area contributed by atoms with Crippen molar-refractivity contribution in [1.82, 2.24) is 5.01 Å². The summed E-state index contributed by atoms with van der Waals surface area (Å²) in [4.78, 5) is 29.5. The highest BCUT2D eigenvalue weighted by Gasteiger charge is 2.39. The van der Waals surface area contributed by atoms with Crippen molar-refractivity contribution < 1.29 is 18.7 Å². The van der Waals surface area contributed by atoms with Gasteiger partial charge in [0.2, 0.25) is 5.91 Å². The van der Waals surface area contributed by atoms with Gasteiger partial charge in [-0.1, -0.05) is 66.4 Å². The molecule has 0 fully saturated rings. The lowest BCUT2D eigenvalue weighted by atomic mass is 9.98. The van der Waals surface area contributed by atoms with E-state index in [1.165, 1.54) is 23.9 Å². The highest BCUT2D eigenvalue weighted by Crippen LogP contribution is 2.39. The lowest BCUT2D eigenvalue weighted by Gasteiger charge is -2.23. The van der Waals surface area contributed by atoms with Gasteiger partial charge >= 0.3 is 0 Å². The maximum absolute atomic E-state index is 13.9. The van der Waals surface area contributed by atoms with Gasteiger partial charge in [0, 0.05) is 12.8 Å². The monoisotopic (exact) mass is 502 g/mol. The van der Waals surface area contributed by atoms with Gasteiger partial charge in [0.25, 0.3) is 5.91 Å². The summed E-state index contributed by atoms with van der Waals surface area (Å²) in [7, 11) is 1.62. The summed E-state index contributed by atoms with van der Waals surface area (Å²) in [6.45, 7) is 0. The summed E-state index contributed by atoms with van der Waals surface area (Å²) in [5.41, 5.74) is 2.96. The number of thioether (sulfide) groups is 1. The molecular formula is C27H23FN4O3S. The van der Waals surface area contributed by atoms with Crippen LogP contribution in [0.2, 0.25) is 0 Å². The smallest absolute Gasteiger partial charge is 0.262 e. The molecule has 7 nitrogen and oxygen atoms in total. The summed E-state index contributed by atoms with van der Waals surface area (Å²) < 4.78 is 19.2. The predicted molar refractivity (Wildman–Crippen MR) is 139 cm³/mol. The number of hydrazone groups is 1.